The number of halogens is 1. The molecule has 2 rings (SSSR count). The molecule has 0 saturated carbocycles. The van der Waals surface area contributed by atoms with Gasteiger partial charge in [0, 0.05) is 23.0 Å². The Kier molecular flexibility index (Phi) is 4.84. The van der Waals surface area contributed by atoms with E-state index in [-0.39, 0.29) is 5.69 Å². The number of hydrogen-bond acceptors (Lipinski definition) is 5. The number of nitro groups is 1. The van der Waals surface area contributed by atoms with E-state index in [4.69, 9.17) is 4.74 Å². The largest absolute Gasteiger partial charge is 0.442 e. The molecule has 0 spiro atoms. The first-order chi connectivity index (χ1) is 10.7. The molecule has 0 aliphatic rings. The molecule has 1 aromatic heterocycles. The summed E-state index contributed by atoms with van der Waals surface area (Å²) in [4.78, 5) is 22.4. The molecule has 7 nitrogen and oxygen atoms in total. The molecule has 0 N–H and O–H groups in total. The quantitative estimate of drug-likeness (QED) is 0.452. The summed E-state index contributed by atoms with van der Waals surface area (Å²) < 4.78 is 6.51. The highest BCUT2D eigenvalue weighted by Crippen LogP contribution is 2.24. The van der Waals surface area contributed by atoms with Crippen LogP contribution in [0.25, 0.3) is 11.3 Å². The molecule has 0 bridgehead atoms. The minimum Gasteiger partial charge on any atom is -0.442 e. The van der Waals surface area contributed by atoms with Crippen LogP contribution in [0.2, 0.25) is 0 Å². The first kappa shape index (κ1) is 17.1. The van der Waals surface area contributed by atoms with Crippen LogP contribution in [0.3, 0.4) is 0 Å². The summed E-state index contributed by atoms with van der Waals surface area (Å²) in [5, 5.41) is 15.4. The number of nitro benzene ring substituents is 1. The fourth-order valence-electron chi connectivity index (χ4n) is 1.87. The molecule has 0 saturated heterocycles. The summed E-state index contributed by atoms with van der Waals surface area (Å²) in [6.07, 6.45) is -0.569. The second-order valence-corrected chi connectivity index (χ2v) is 6.41. The topological polar surface area (TPSA) is 87.3 Å². The van der Waals surface area contributed by atoms with Gasteiger partial charge in [0.25, 0.3) is 5.69 Å². The SMILES string of the molecule is CC(C)(C)OC(=O)n1nc(-c2ccc([N+](=O)[O-])cc2)cc1CBr. The fraction of sp³-hybridized carbons (Fsp3) is 0.333. The van der Waals surface area contributed by atoms with Crippen molar-refractivity contribution in [1.29, 1.82) is 0 Å². The molecule has 0 aliphatic heterocycles. The maximum absolute atomic E-state index is 12.2. The van der Waals surface area contributed by atoms with E-state index >= 15 is 0 Å². The van der Waals surface area contributed by atoms with Crippen LogP contribution in [0.15, 0.2) is 30.3 Å². The number of nitrogens with zero attached hydrogens (tertiary/aromatic N) is 3. The number of non-ortho nitro benzene ring substituents is 1. The lowest BCUT2D eigenvalue weighted by Gasteiger charge is -2.19. The molecule has 0 unspecified atom stereocenters. The van der Waals surface area contributed by atoms with Crippen LogP contribution in [-0.4, -0.2) is 26.4 Å². The Morgan fingerprint density at radius 3 is 2.43 bits per heavy atom. The number of ether oxygens (including phenoxy) is 1. The zero-order valence-electron chi connectivity index (χ0n) is 12.9. The minimum absolute atomic E-state index is 0.000963. The van der Waals surface area contributed by atoms with Gasteiger partial charge < -0.3 is 4.74 Å². The van der Waals surface area contributed by atoms with E-state index in [1.807, 2.05) is 0 Å². The normalized spacial score (nSPS) is 11.3. The Hall–Kier alpha value is -2.22. The highest BCUT2D eigenvalue weighted by Gasteiger charge is 2.22. The standard InChI is InChI=1S/C15H16BrN3O4/c1-15(2,3)23-14(20)18-12(9-16)8-13(17-18)10-4-6-11(7-5-10)19(21)22/h4-8H,9H2,1-3H3. The molecule has 1 heterocycles. The van der Waals surface area contributed by atoms with E-state index < -0.39 is 16.6 Å². The lowest BCUT2D eigenvalue weighted by molar-refractivity contribution is -0.384. The van der Waals surface area contributed by atoms with Gasteiger partial charge in [-0.1, -0.05) is 15.9 Å². The predicted octanol–water partition coefficient (Wildman–Crippen LogP) is 4.14. The molecule has 8 heteroatoms. The molecule has 0 radical (unpaired) electrons. The summed E-state index contributed by atoms with van der Waals surface area (Å²) >= 11 is 3.31. The number of alkyl halides is 1. The molecule has 23 heavy (non-hydrogen) atoms. The molecular formula is C15H16BrN3O4. The van der Waals surface area contributed by atoms with Gasteiger partial charge in [-0.2, -0.15) is 9.78 Å². The summed E-state index contributed by atoms with van der Waals surface area (Å²) in [6.45, 7) is 5.33. The van der Waals surface area contributed by atoms with Gasteiger partial charge in [-0.3, -0.25) is 10.1 Å². The third-order valence-electron chi connectivity index (χ3n) is 2.86. The van der Waals surface area contributed by atoms with Gasteiger partial charge in [-0.25, -0.2) is 4.79 Å². The number of rotatable bonds is 3. The van der Waals surface area contributed by atoms with Crippen molar-refractivity contribution >= 4 is 27.7 Å². The molecular weight excluding hydrogens is 366 g/mol. The smallest absolute Gasteiger partial charge is 0.435 e. The third kappa shape index (κ3) is 4.16. The molecule has 122 valence electrons. The Bertz CT molecular complexity index is 732. The van der Waals surface area contributed by atoms with E-state index in [1.165, 1.54) is 16.8 Å². The van der Waals surface area contributed by atoms with Crippen molar-refractivity contribution in [3.05, 3.63) is 46.1 Å². The number of benzene rings is 1. The van der Waals surface area contributed by atoms with Crippen molar-refractivity contribution in [3.8, 4) is 11.3 Å². The van der Waals surface area contributed by atoms with Crippen molar-refractivity contribution in [2.75, 3.05) is 0 Å². The van der Waals surface area contributed by atoms with Gasteiger partial charge in [0.2, 0.25) is 0 Å². The van der Waals surface area contributed by atoms with Crippen molar-refractivity contribution in [2.45, 2.75) is 31.7 Å². The van der Waals surface area contributed by atoms with E-state index in [1.54, 1.807) is 39.0 Å². The molecule has 0 atom stereocenters. The van der Waals surface area contributed by atoms with E-state index in [0.29, 0.717) is 22.3 Å². The van der Waals surface area contributed by atoms with Crippen LogP contribution in [0.4, 0.5) is 10.5 Å². The average Bonchev–Trinajstić information content (AvgIpc) is 2.90. The summed E-state index contributed by atoms with van der Waals surface area (Å²) in [7, 11) is 0. The van der Waals surface area contributed by atoms with Crippen LogP contribution >= 0.6 is 15.9 Å². The number of hydrogen-bond donors (Lipinski definition) is 0. The molecule has 0 aliphatic carbocycles. The van der Waals surface area contributed by atoms with Gasteiger partial charge in [-0.15, -0.1) is 0 Å². The number of carbonyl (C=O) groups is 1. The first-order valence-electron chi connectivity index (χ1n) is 6.84. The van der Waals surface area contributed by atoms with E-state index in [0.717, 1.165) is 0 Å². The summed E-state index contributed by atoms with van der Waals surface area (Å²) in [5.41, 5.74) is 1.23. The third-order valence-corrected chi connectivity index (χ3v) is 3.43. The van der Waals surface area contributed by atoms with Crippen molar-refractivity contribution in [3.63, 3.8) is 0 Å². The number of aromatic nitrogens is 2. The highest BCUT2D eigenvalue weighted by molar-refractivity contribution is 9.08. The molecule has 0 amide bonds. The van der Waals surface area contributed by atoms with Gasteiger partial charge in [0.15, 0.2) is 0 Å². The zero-order chi connectivity index (χ0) is 17.2. The van der Waals surface area contributed by atoms with Crippen LogP contribution < -0.4 is 0 Å². The van der Waals surface area contributed by atoms with Gasteiger partial charge in [-0.05, 0) is 39.0 Å². The first-order valence-corrected chi connectivity index (χ1v) is 7.96. The van der Waals surface area contributed by atoms with Gasteiger partial charge in [0.1, 0.15) is 5.60 Å². The summed E-state index contributed by atoms with van der Waals surface area (Å²) in [5.74, 6) is 0. The van der Waals surface area contributed by atoms with Gasteiger partial charge in [0.05, 0.1) is 16.3 Å². The van der Waals surface area contributed by atoms with E-state index in [9.17, 15) is 14.9 Å². The molecule has 1 aromatic carbocycles. The zero-order valence-corrected chi connectivity index (χ0v) is 14.5. The predicted molar refractivity (Wildman–Crippen MR) is 88.6 cm³/mol. The van der Waals surface area contributed by atoms with Crippen LogP contribution in [-0.2, 0) is 10.1 Å². The average molecular weight is 382 g/mol. The summed E-state index contributed by atoms with van der Waals surface area (Å²) in [6, 6.07) is 7.72. The van der Waals surface area contributed by atoms with Crippen LogP contribution in [0.5, 0.6) is 0 Å². The van der Waals surface area contributed by atoms with Crippen LogP contribution in [0, 0.1) is 10.1 Å². The Labute approximate surface area is 141 Å². The van der Waals surface area contributed by atoms with Crippen molar-refractivity contribution in [1.82, 2.24) is 9.78 Å². The number of carbonyl (C=O) groups excluding carboxylic acids is 1. The molecule has 0 fully saturated rings. The van der Waals surface area contributed by atoms with Gasteiger partial charge >= 0.3 is 6.09 Å². The lowest BCUT2D eigenvalue weighted by Crippen LogP contribution is -2.28. The Morgan fingerprint density at radius 1 is 1.35 bits per heavy atom. The maximum Gasteiger partial charge on any atom is 0.435 e. The molecule has 2 aromatic rings. The fourth-order valence-corrected chi connectivity index (χ4v) is 2.27. The van der Waals surface area contributed by atoms with Crippen LogP contribution in [0.1, 0.15) is 26.5 Å². The Morgan fingerprint density at radius 2 is 1.96 bits per heavy atom. The minimum atomic E-state index is -0.625. The Balaban J connectivity index is 2.34. The highest BCUT2D eigenvalue weighted by atomic mass is 79.9. The second kappa shape index (κ2) is 6.49. The lowest BCUT2D eigenvalue weighted by atomic mass is 10.1. The van der Waals surface area contributed by atoms with E-state index in [2.05, 4.69) is 21.0 Å². The van der Waals surface area contributed by atoms with Crippen molar-refractivity contribution in [2.24, 2.45) is 0 Å². The maximum atomic E-state index is 12.2. The second-order valence-electron chi connectivity index (χ2n) is 5.85. The monoisotopic (exact) mass is 381 g/mol. The van der Waals surface area contributed by atoms with Crippen molar-refractivity contribution < 1.29 is 14.5 Å².